The van der Waals surface area contributed by atoms with Crippen molar-refractivity contribution in [3.8, 4) is 0 Å². The number of carbonyl (C=O) groups is 1. The summed E-state index contributed by atoms with van der Waals surface area (Å²) in [7, 11) is 0. The summed E-state index contributed by atoms with van der Waals surface area (Å²) in [5, 5.41) is 0.627. The molecule has 1 aromatic carbocycles. The fraction of sp³-hybridized carbons (Fsp3) is 0.125. The van der Waals surface area contributed by atoms with E-state index in [1.165, 1.54) is 0 Å². The van der Waals surface area contributed by atoms with Crippen LogP contribution < -0.4 is 0 Å². The van der Waals surface area contributed by atoms with Crippen LogP contribution in [0.2, 0.25) is 5.02 Å². The second kappa shape index (κ2) is 4.48. The van der Waals surface area contributed by atoms with Crippen LogP contribution in [0.15, 0.2) is 22.7 Å². The number of hydrogen-bond acceptors (Lipinski definition) is 2. The lowest BCUT2D eigenvalue weighted by molar-refractivity contribution is -0.129. The zero-order valence-corrected chi connectivity index (χ0v) is 8.43. The topological polar surface area (TPSA) is 26.3 Å². The van der Waals surface area contributed by atoms with Crippen molar-refractivity contribution in [2.75, 3.05) is 0 Å². The molecule has 0 amide bonds. The molecule has 2 nitrogen and oxygen atoms in total. The van der Waals surface area contributed by atoms with Crippen molar-refractivity contribution in [3.05, 3.63) is 33.3 Å². The molecule has 0 aliphatic carbocycles. The van der Waals surface area contributed by atoms with E-state index in [1.807, 2.05) is 6.07 Å². The highest BCUT2D eigenvalue weighted by molar-refractivity contribution is 9.10. The van der Waals surface area contributed by atoms with E-state index in [0.717, 1.165) is 10.0 Å². The summed E-state index contributed by atoms with van der Waals surface area (Å²) in [4.78, 5) is 9.90. The number of carbonyl (C=O) groups excluding carboxylic acids is 1. The molecular formula is C8H6BrClO2. The van der Waals surface area contributed by atoms with E-state index in [0.29, 0.717) is 11.5 Å². The van der Waals surface area contributed by atoms with Crippen LogP contribution in [0.4, 0.5) is 0 Å². The minimum absolute atomic E-state index is 0.241. The largest absolute Gasteiger partial charge is 0.463 e. The lowest BCUT2D eigenvalue weighted by Gasteiger charge is -2.02. The van der Waals surface area contributed by atoms with E-state index in [4.69, 9.17) is 11.6 Å². The van der Waals surface area contributed by atoms with Crippen LogP contribution in [0.1, 0.15) is 5.56 Å². The Hall–Kier alpha value is -0.540. The van der Waals surface area contributed by atoms with Crippen molar-refractivity contribution in [1.29, 1.82) is 0 Å². The van der Waals surface area contributed by atoms with E-state index in [1.54, 1.807) is 12.1 Å². The van der Waals surface area contributed by atoms with Crippen molar-refractivity contribution in [2.24, 2.45) is 0 Å². The standard InChI is InChI=1S/C8H6BrClO2/c9-8-2-1-7(10)3-6(8)4-12-5-11/h1-3,5H,4H2. The molecule has 0 radical (unpaired) electrons. The average molecular weight is 249 g/mol. The highest BCUT2D eigenvalue weighted by Crippen LogP contribution is 2.21. The molecule has 4 heteroatoms. The van der Waals surface area contributed by atoms with Gasteiger partial charge in [0.1, 0.15) is 6.61 Å². The van der Waals surface area contributed by atoms with Crippen LogP contribution in [0.3, 0.4) is 0 Å². The Morgan fingerprint density at radius 1 is 1.58 bits per heavy atom. The van der Waals surface area contributed by atoms with Gasteiger partial charge in [0.05, 0.1) is 0 Å². The normalized spacial score (nSPS) is 9.50. The number of benzene rings is 1. The second-order valence-corrected chi connectivity index (χ2v) is 3.43. The summed E-state index contributed by atoms with van der Waals surface area (Å²) in [6.45, 7) is 0.651. The molecule has 0 heterocycles. The van der Waals surface area contributed by atoms with Gasteiger partial charge in [-0.25, -0.2) is 0 Å². The summed E-state index contributed by atoms with van der Waals surface area (Å²) < 4.78 is 5.47. The maximum atomic E-state index is 9.90. The van der Waals surface area contributed by atoms with E-state index in [9.17, 15) is 4.79 Å². The Morgan fingerprint density at radius 3 is 3.00 bits per heavy atom. The Balaban J connectivity index is 2.82. The number of rotatable bonds is 3. The van der Waals surface area contributed by atoms with Crippen LogP contribution in [-0.4, -0.2) is 6.47 Å². The highest BCUT2D eigenvalue weighted by Gasteiger charge is 2.00. The minimum atomic E-state index is 0.241. The minimum Gasteiger partial charge on any atom is -0.463 e. The van der Waals surface area contributed by atoms with Gasteiger partial charge in [0.15, 0.2) is 0 Å². The molecule has 64 valence electrons. The molecule has 0 saturated heterocycles. The summed E-state index contributed by atoms with van der Waals surface area (Å²) in [6.07, 6.45) is 0. The third kappa shape index (κ3) is 2.50. The van der Waals surface area contributed by atoms with Crippen molar-refractivity contribution in [2.45, 2.75) is 6.61 Å². The molecule has 0 spiro atoms. The number of hydrogen-bond donors (Lipinski definition) is 0. The molecule has 12 heavy (non-hydrogen) atoms. The molecule has 0 fully saturated rings. The van der Waals surface area contributed by atoms with Crippen LogP contribution in [-0.2, 0) is 16.1 Å². The first kappa shape index (κ1) is 9.55. The van der Waals surface area contributed by atoms with E-state index in [2.05, 4.69) is 20.7 Å². The summed E-state index contributed by atoms with van der Waals surface area (Å²) in [6, 6.07) is 5.32. The van der Waals surface area contributed by atoms with Gasteiger partial charge in [-0.2, -0.15) is 0 Å². The quantitative estimate of drug-likeness (QED) is 0.770. The van der Waals surface area contributed by atoms with Crippen LogP contribution in [0.25, 0.3) is 0 Å². The monoisotopic (exact) mass is 248 g/mol. The van der Waals surface area contributed by atoms with Crippen molar-refractivity contribution in [3.63, 3.8) is 0 Å². The first-order chi connectivity index (χ1) is 5.74. The zero-order valence-electron chi connectivity index (χ0n) is 6.09. The van der Waals surface area contributed by atoms with Gasteiger partial charge in [-0.1, -0.05) is 27.5 Å². The maximum absolute atomic E-state index is 9.90. The first-order valence-corrected chi connectivity index (χ1v) is 4.40. The van der Waals surface area contributed by atoms with Gasteiger partial charge in [0, 0.05) is 15.1 Å². The molecule has 0 aliphatic heterocycles. The Morgan fingerprint density at radius 2 is 2.33 bits per heavy atom. The lowest BCUT2D eigenvalue weighted by atomic mass is 10.2. The van der Waals surface area contributed by atoms with Crippen LogP contribution in [0.5, 0.6) is 0 Å². The van der Waals surface area contributed by atoms with Crippen molar-refractivity contribution >= 4 is 34.0 Å². The molecule has 0 aliphatic rings. The molecule has 0 aromatic heterocycles. The highest BCUT2D eigenvalue weighted by atomic mass is 79.9. The van der Waals surface area contributed by atoms with Gasteiger partial charge in [0.25, 0.3) is 6.47 Å². The smallest absolute Gasteiger partial charge is 0.293 e. The molecule has 1 rings (SSSR count). The van der Waals surface area contributed by atoms with Gasteiger partial charge in [-0.3, -0.25) is 4.79 Å². The Bertz CT molecular complexity index is 288. The molecule has 0 N–H and O–H groups in total. The fourth-order valence-electron chi connectivity index (χ4n) is 0.778. The molecular weight excluding hydrogens is 243 g/mol. The first-order valence-electron chi connectivity index (χ1n) is 3.23. The van der Waals surface area contributed by atoms with E-state index in [-0.39, 0.29) is 6.61 Å². The maximum Gasteiger partial charge on any atom is 0.293 e. The van der Waals surface area contributed by atoms with Gasteiger partial charge in [-0.15, -0.1) is 0 Å². The summed E-state index contributed by atoms with van der Waals surface area (Å²) in [5.74, 6) is 0. The van der Waals surface area contributed by atoms with Gasteiger partial charge in [-0.05, 0) is 18.2 Å². The fourth-order valence-corrected chi connectivity index (χ4v) is 1.33. The Kier molecular flexibility index (Phi) is 3.56. The molecule has 0 saturated carbocycles. The number of halogens is 2. The molecule has 0 bridgehead atoms. The lowest BCUT2D eigenvalue weighted by Crippen LogP contribution is -1.91. The molecule has 0 atom stereocenters. The van der Waals surface area contributed by atoms with Gasteiger partial charge < -0.3 is 4.74 Å². The van der Waals surface area contributed by atoms with Gasteiger partial charge >= 0.3 is 0 Å². The predicted octanol–water partition coefficient (Wildman–Crippen LogP) is 2.78. The van der Waals surface area contributed by atoms with Crippen molar-refractivity contribution < 1.29 is 9.53 Å². The Labute approximate surface area is 83.6 Å². The average Bonchev–Trinajstić information content (AvgIpc) is 2.07. The third-order valence-corrected chi connectivity index (χ3v) is 2.32. The zero-order chi connectivity index (χ0) is 8.97. The van der Waals surface area contributed by atoms with Gasteiger partial charge in [0.2, 0.25) is 0 Å². The third-order valence-electron chi connectivity index (χ3n) is 1.31. The summed E-state index contributed by atoms with van der Waals surface area (Å²) >= 11 is 9.04. The number of ether oxygens (including phenoxy) is 1. The van der Waals surface area contributed by atoms with Crippen LogP contribution in [0, 0.1) is 0 Å². The molecule has 1 aromatic rings. The summed E-state index contributed by atoms with van der Waals surface area (Å²) in [5.41, 5.74) is 0.856. The van der Waals surface area contributed by atoms with Crippen LogP contribution >= 0.6 is 27.5 Å². The predicted molar refractivity (Wildman–Crippen MR) is 50.0 cm³/mol. The van der Waals surface area contributed by atoms with E-state index < -0.39 is 0 Å². The van der Waals surface area contributed by atoms with Crippen molar-refractivity contribution in [1.82, 2.24) is 0 Å². The molecule has 0 unspecified atom stereocenters. The van der Waals surface area contributed by atoms with E-state index >= 15 is 0 Å². The SMILES string of the molecule is O=COCc1cc(Cl)ccc1Br. The second-order valence-electron chi connectivity index (χ2n) is 2.14.